The molecule has 2 nitrogen and oxygen atoms in total. The van der Waals surface area contributed by atoms with Crippen molar-refractivity contribution >= 4 is 17.3 Å². The van der Waals surface area contributed by atoms with Crippen molar-refractivity contribution in [3.63, 3.8) is 0 Å². The Morgan fingerprint density at radius 1 is 1.37 bits per heavy atom. The van der Waals surface area contributed by atoms with Crippen LogP contribution in [-0.2, 0) is 6.54 Å². The van der Waals surface area contributed by atoms with Crippen LogP contribution in [-0.4, -0.2) is 19.1 Å². The third-order valence-corrected chi connectivity index (χ3v) is 4.74. The lowest BCUT2D eigenvalue weighted by Gasteiger charge is -2.31. The van der Waals surface area contributed by atoms with Gasteiger partial charge in [-0.3, -0.25) is 0 Å². The molecule has 1 saturated carbocycles. The number of benzene rings is 1. The average Bonchev–Trinajstić information content (AvgIpc) is 3.03. The van der Waals surface area contributed by atoms with Gasteiger partial charge in [0.15, 0.2) is 0 Å². The normalized spacial score (nSPS) is 25.3. The second-order valence-corrected chi connectivity index (χ2v) is 6.37. The summed E-state index contributed by atoms with van der Waals surface area (Å²) in [4.78, 5) is 2.60. The number of fused-ring (bicyclic) bond motifs is 2. The minimum absolute atomic E-state index is 0.758. The standard InChI is InChI=1S/C16H23ClN2/c1-2-7-18-10-13-4-5-14(17)9-16(13)19-11-12-3-6-15(19)8-12/h4-5,9,12,15,18H,2-3,6-8,10-11H2,1H3. The van der Waals surface area contributed by atoms with Crippen LogP contribution in [0.1, 0.15) is 38.2 Å². The fraction of sp³-hybridized carbons (Fsp3) is 0.625. The first-order valence-corrected chi connectivity index (χ1v) is 7.91. The lowest BCUT2D eigenvalue weighted by Crippen LogP contribution is -2.33. The number of rotatable bonds is 5. The second kappa shape index (κ2) is 5.72. The average molecular weight is 279 g/mol. The first-order chi connectivity index (χ1) is 9.28. The van der Waals surface area contributed by atoms with Crippen molar-refractivity contribution in [2.75, 3.05) is 18.0 Å². The SMILES string of the molecule is CCCNCc1ccc(Cl)cc1N1CC2CCC1C2. The first kappa shape index (κ1) is 13.3. The number of hydrogen-bond donors (Lipinski definition) is 1. The molecular formula is C16H23ClN2. The molecule has 2 fully saturated rings. The first-order valence-electron chi connectivity index (χ1n) is 7.53. The molecule has 0 spiro atoms. The minimum Gasteiger partial charge on any atom is -0.368 e. The summed E-state index contributed by atoms with van der Waals surface area (Å²) in [5, 5.41) is 4.37. The molecular weight excluding hydrogens is 256 g/mol. The van der Waals surface area contributed by atoms with E-state index >= 15 is 0 Å². The van der Waals surface area contributed by atoms with Crippen LogP contribution in [0, 0.1) is 5.92 Å². The van der Waals surface area contributed by atoms with Crippen LogP contribution in [0.4, 0.5) is 5.69 Å². The summed E-state index contributed by atoms with van der Waals surface area (Å²) in [6, 6.07) is 7.12. The Bertz CT molecular complexity index is 446. The Morgan fingerprint density at radius 2 is 2.26 bits per heavy atom. The summed E-state index contributed by atoms with van der Waals surface area (Å²) < 4.78 is 0. The smallest absolute Gasteiger partial charge is 0.0429 e. The summed E-state index contributed by atoms with van der Waals surface area (Å²) in [7, 11) is 0. The molecule has 1 N–H and O–H groups in total. The van der Waals surface area contributed by atoms with Crippen molar-refractivity contribution < 1.29 is 0 Å². The Kier molecular flexibility index (Phi) is 3.99. The summed E-state index contributed by atoms with van der Waals surface area (Å²) in [6.45, 7) is 5.46. The van der Waals surface area contributed by atoms with E-state index in [9.17, 15) is 0 Å². The number of piperidine rings is 1. The molecule has 1 saturated heterocycles. The molecule has 0 radical (unpaired) electrons. The number of anilines is 1. The van der Waals surface area contributed by atoms with Gasteiger partial charge < -0.3 is 10.2 Å². The van der Waals surface area contributed by atoms with Crippen LogP contribution in [0.15, 0.2) is 18.2 Å². The molecule has 2 aliphatic rings. The second-order valence-electron chi connectivity index (χ2n) is 5.94. The molecule has 2 bridgehead atoms. The maximum Gasteiger partial charge on any atom is 0.0429 e. The highest BCUT2D eigenvalue weighted by atomic mass is 35.5. The molecule has 1 aliphatic heterocycles. The van der Waals surface area contributed by atoms with Crippen molar-refractivity contribution in [1.29, 1.82) is 0 Å². The molecule has 2 atom stereocenters. The molecule has 1 aromatic carbocycles. The van der Waals surface area contributed by atoms with Crippen LogP contribution in [0.3, 0.4) is 0 Å². The molecule has 3 heteroatoms. The zero-order valence-corrected chi connectivity index (χ0v) is 12.4. The Balaban J connectivity index is 1.80. The maximum absolute atomic E-state index is 6.21. The maximum atomic E-state index is 6.21. The summed E-state index contributed by atoms with van der Waals surface area (Å²) in [6.07, 6.45) is 5.34. The number of hydrogen-bond acceptors (Lipinski definition) is 2. The van der Waals surface area contributed by atoms with Gasteiger partial charge in [0, 0.05) is 29.8 Å². The lowest BCUT2D eigenvalue weighted by molar-refractivity contribution is 0.551. The predicted octanol–water partition coefficient (Wildman–Crippen LogP) is 3.83. The third kappa shape index (κ3) is 2.75. The van der Waals surface area contributed by atoms with Gasteiger partial charge >= 0.3 is 0 Å². The highest BCUT2D eigenvalue weighted by Gasteiger charge is 2.38. The molecule has 1 aliphatic carbocycles. The Morgan fingerprint density at radius 3 is 2.95 bits per heavy atom. The van der Waals surface area contributed by atoms with Gasteiger partial charge in [0.25, 0.3) is 0 Å². The van der Waals surface area contributed by atoms with E-state index in [1.807, 2.05) is 6.07 Å². The number of halogens is 1. The van der Waals surface area contributed by atoms with Crippen LogP contribution in [0.2, 0.25) is 5.02 Å². The van der Waals surface area contributed by atoms with E-state index in [0.717, 1.165) is 30.1 Å². The van der Waals surface area contributed by atoms with Gasteiger partial charge in [-0.2, -0.15) is 0 Å². The predicted molar refractivity (Wildman–Crippen MR) is 81.9 cm³/mol. The summed E-state index contributed by atoms with van der Waals surface area (Å²) in [5.41, 5.74) is 2.76. The topological polar surface area (TPSA) is 15.3 Å². The van der Waals surface area contributed by atoms with Gasteiger partial charge in [0.2, 0.25) is 0 Å². The Hall–Kier alpha value is -0.730. The van der Waals surface area contributed by atoms with Gasteiger partial charge in [-0.15, -0.1) is 0 Å². The molecule has 2 unspecified atom stereocenters. The monoisotopic (exact) mass is 278 g/mol. The number of nitrogens with one attached hydrogen (secondary N) is 1. The van der Waals surface area contributed by atoms with Crippen molar-refractivity contribution in [2.45, 2.75) is 45.2 Å². The van der Waals surface area contributed by atoms with Crippen molar-refractivity contribution in [2.24, 2.45) is 5.92 Å². The van der Waals surface area contributed by atoms with E-state index in [1.54, 1.807) is 0 Å². The van der Waals surface area contributed by atoms with Gasteiger partial charge in [0.1, 0.15) is 0 Å². The highest BCUT2D eigenvalue weighted by Crippen LogP contribution is 2.41. The summed E-state index contributed by atoms with van der Waals surface area (Å²) >= 11 is 6.21. The van der Waals surface area contributed by atoms with Gasteiger partial charge in [0.05, 0.1) is 0 Å². The highest BCUT2D eigenvalue weighted by molar-refractivity contribution is 6.30. The van der Waals surface area contributed by atoms with Gasteiger partial charge in [-0.1, -0.05) is 24.6 Å². The van der Waals surface area contributed by atoms with Crippen molar-refractivity contribution in [3.05, 3.63) is 28.8 Å². The van der Waals surface area contributed by atoms with E-state index in [4.69, 9.17) is 11.6 Å². The molecule has 1 heterocycles. The van der Waals surface area contributed by atoms with Crippen LogP contribution in [0.5, 0.6) is 0 Å². The number of nitrogens with zero attached hydrogens (tertiary/aromatic N) is 1. The lowest BCUT2D eigenvalue weighted by atomic mass is 10.1. The van der Waals surface area contributed by atoms with E-state index in [1.165, 1.54) is 43.5 Å². The van der Waals surface area contributed by atoms with E-state index in [0.29, 0.717) is 0 Å². The quantitative estimate of drug-likeness (QED) is 0.824. The largest absolute Gasteiger partial charge is 0.368 e. The molecule has 19 heavy (non-hydrogen) atoms. The summed E-state index contributed by atoms with van der Waals surface area (Å²) in [5.74, 6) is 0.917. The van der Waals surface area contributed by atoms with E-state index in [-0.39, 0.29) is 0 Å². The van der Waals surface area contributed by atoms with E-state index in [2.05, 4.69) is 29.3 Å². The van der Waals surface area contributed by atoms with Gasteiger partial charge in [-0.05, 0) is 55.8 Å². The van der Waals surface area contributed by atoms with Crippen LogP contribution < -0.4 is 10.2 Å². The molecule has 0 amide bonds. The molecule has 0 aromatic heterocycles. The third-order valence-electron chi connectivity index (χ3n) is 4.51. The zero-order chi connectivity index (χ0) is 13.2. The van der Waals surface area contributed by atoms with Gasteiger partial charge in [-0.25, -0.2) is 0 Å². The zero-order valence-electron chi connectivity index (χ0n) is 11.7. The van der Waals surface area contributed by atoms with E-state index < -0.39 is 0 Å². The molecule has 3 rings (SSSR count). The fourth-order valence-corrected chi connectivity index (χ4v) is 3.74. The van der Waals surface area contributed by atoms with Crippen LogP contribution in [0.25, 0.3) is 0 Å². The fourth-order valence-electron chi connectivity index (χ4n) is 3.57. The van der Waals surface area contributed by atoms with Crippen LogP contribution >= 0.6 is 11.6 Å². The minimum atomic E-state index is 0.758. The van der Waals surface area contributed by atoms with Crippen molar-refractivity contribution in [3.8, 4) is 0 Å². The van der Waals surface area contributed by atoms with Crippen molar-refractivity contribution in [1.82, 2.24) is 5.32 Å². The molecule has 1 aromatic rings. The molecule has 104 valence electrons. The Labute approximate surface area is 121 Å².